The van der Waals surface area contributed by atoms with Crippen LogP contribution in [0.5, 0.6) is 5.75 Å². The van der Waals surface area contributed by atoms with Crippen LogP contribution < -0.4 is 15.0 Å². The van der Waals surface area contributed by atoms with E-state index in [0.717, 1.165) is 47.0 Å². The number of fused-ring (bicyclic) bond motifs is 1. The number of thiazole rings is 1. The molecule has 2 heterocycles. The van der Waals surface area contributed by atoms with Gasteiger partial charge in [0.05, 0.1) is 23.2 Å². The van der Waals surface area contributed by atoms with E-state index in [9.17, 15) is 4.79 Å². The SMILES string of the molecule is COc1ccc2nc(N3CC(C(=O)NC4CC4)C3)sc2c1. The first-order valence-electron chi connectivity index (χ1n) is 7.23. The van der Waals surface area contributed by atoms with Gasteiger partial charge in [0, 0.05) is 19.1 Å². The summed E-state index contributed by atoms with van der Waals surface area (Å²) in [7, 11) is 1.67. The van der Waals surface area contributed by atoms with Crippen LogP contribution in [-0.2, 0) is 4.79 Å². The maximum atomic E-state index is 11.9. The third kappa shape index (κ3) is 2.44. The van der Waals surface area contributed by atoms with Crippen molar-refractivity contribution >= 4 is 32.6 Å². The van der Waals surface area contributed by atoms with Gasteiger partial charge in [0.1, 0.15) is 5.75 Å². The van der Waals surface area contributed by atoms with Gasteiger partial charge < -0.3 is 15.0 Å². The van der Waals surface area contributed by atoms with E-state index in [-0.39, 0.29) is 11.8 Å². The van der Waals surface area contributed by atoms with Gasteiger partial charge in [-0.1, -0.05) is 11.3 Å². The molecule has 0 bridgehead atoms. The number of carbonyl (C=O) groups excluding carboxylic acids is 1. The molecule has 5 nitrogen and oxygen atoms in total. The number of nitrogens with one attached hydrogen (secondary N) is 1. The summed E-state index contributed by atoms with van der Waals surface area (Å²) in [6.45, 7) is 1.55. The van der Waals surface area contributed by atoms with E-state index in [1.54, 1.807) is 18.4 Å². The second kappa shape index (κ2) is 4.87. The number of carbonyl (C=O) groups is 1. The molecule has 2 aromatic rings. The molecule has 6 heteroatoms. The van der Waals surface area contributed by atoms with Crippen LogP contribution in [0.25, 0.3) is 10.2 Å². The van der Waals surface area contributed by atoms with Crippen molar-refractivity contribution in [3.8, 4) is 5.75 Å². The second-order valence-electron chi connectivity index (χ2n) is 5.71. The Bertz CT molecular complexity index is 689. The second-order valence-corrected chi connectivity index (χ2v) is 6.72. The summed E-state index contributed by atoms with van der Waals surface area (Å²) >= 11 is 1.65. The van der Waals surface area contributed by atoms with Crippen LogP contribution in [0.2, 0.25) is 0 Å². The fraction of sp³-hybridized carbons (Fsp3) is 0.467. The molecule has 1 N–H and O–H groups in total. The Kier molecular flexibility index (Phi) is 2.99. The molecule has 2 fully saturated rings. The molecule has 0 radical (unpaired) electrons. The Morgan fingerprint density at radius 3 is 2.95 bits per heavy atom. The van der Waals surface area contributed by atoms with Crippen molar-refractivity contribution in [1.82, 2.24) is 10.3 Å². The van der Waals surface area contributed by atoms with Crippen molar-refractivity contribution in [2.24, 2.45) is 5.92 Å². The maximum Gasteiger partial charge on any atom is 0.226 e. The predicted molar refractivity (Wildman–Crippen MR) is 83.0 cm³/mol. The van der Waals surface area contributed by atoms with Crippen molar-refractivity contribution in [2.45, 2.75) is 18.9 Å². The summed E-state index contributed by atoms with van der Waals surface area (Å²) < 4.78 is 6.36. The van der Waals surface area contributed by atoms with Crippen LogP contribution in [0, 0.1) is 5.92 Å². The maximum absolute atomic E-state index is 11.9. The van der Waals surface area contributed by atoms with Crippen molar-refractivity contribution in [3.63, 3.8) is 0 Å². The lowest BCUT2D eigenvalue weighted by Crippen LogP contribution is -2.54. The molecule has 110 valence electrons. The summed E-state index contributed by atoms with van der Waals surface area (Å²) in [5.74, 6) is 1.17. The summed E-state index contributed by atoms with van der Waals surface area (Å²) in [5, 5.41) is 4.06. The lowest BCUT2D eigenvalue weighted by Gasteiger charge is -2.37. The van der Waals surface area contributed by atoms with E-state index < -0.39 is 0 Å². The molecular formula is C15H17N3O2S. The topological polar surface area (TPSA) is 54.5 Å². The summed E-state index contributed by atoms with van der Waals surface area (Å²) in [6, 6.07) is 6.36. The molecule has 0 unspecified atom stereocenters. The van der Waals surface area contributed by atoms with Gasteiger partial charge in [-0.2, -0.15) is 0 Å². The van der Waals surface area contributed by atoms with Crippen LogP contribution in [0.3, 0.4) is 0 Å². The predicted octanol–water partition coefficient (Wildman–Crippen LogP) is 2.02. The molecule has 2 aliphatic rings. The number of nitrogens with zero attached hydrogens (tertiary/aromatic N) is 2. The van der Waals surface area contributed by atoms with E-state index in [0.29, 0.717) is 6.04 Å². The third-order valence-electron chi connectivity index (χ3n) is 4.03. The van der Waals surface area contributed by atoms with E-state index in [1.807, 2.05) is 18.2 Å². The smallest absolute Gasteiger partial charge is 0.226 e. The number of rotatable bonds is 4. The summed E-state index contributed by atoms with van der Waals surface area (Å²) in [4.78, 5) is 18.7. The Balaban J connectivity index is 1.44. The molecule has 0 atom stereocenters. The standard InChI is InChI=1S/C15H17N3O2S/c1-20-11-4-5-12-13(6-11)21-15(17-12)18-7-9(8-18)14(19)16-10-2-3-10/h4-6,9-10H,2-3,7-8H2,1H3,(H,16,19). The molecule has 0 spiro atoms. The molecule has 21 heavy (non-hydrogen) atoms. The van der Waals surface area contributed by atoms with Crippen LogP contribution >= 0.6 is 11.3 Å². The summed E-state index contributed by atoms with van der Waals surface area (Å²) in [6.07, 6.45) is 2.28. The molecule has 1 aromatic carbocycles. The number of ether oxygens (including phenoxy) is 1. The van der Waals surface area contributed by atoms with Gasteiger partial charge in [-0.3, -0.25) is 4.79 Å². The number of hydrogen-bond acceptors (Lipinski definition) is 5. The van der Waals surface area contributed by atoms with Gasteiger partial charge >= 0.3 is 0 Å². The molecule has 1 aliphatic carbocycles. The zero-order valence-electron chi connectivity index (χ0n) is 11.8. The molecule has 1 amide bonds. The molecule has 1 aliphatic heterocycles. The Morgan fingerprint density at radius 2 is 2.24 bits per heavy atom. The zero-order valence-corrected chi connectivity index (χ0v) is 12.7. The highest BCUT2D eigenvalue weighted by atomic mass is 32.1. The number of benzene rings is 1. The summed E-state index contributed by atoms with van der Waals surface area (Å²) in [5.41, 5.74) is 0.988. The first-order chi connectivity index (χ1) is 10.2. The average Bonchev–Trinajstić information content (AvgIpc) is 3.13. The first-order valence-corrected chi connectivity index (χ1v) is 8.04. The van der Waals surface area contributed by atoms with Crippen molar-refractivity contribution in [2.75, 3.05) is 25.1 Å². The molecule has 4 rings (SSSR count). The molecule has 1 aromatic heterocycles. The van der Waals surface area contributed by atoms with E-state index in [1.165, 1.54) is 0 Å². The monoisotopic (exact) mass is 303 g/mol. The minimum absolute atomic E-state index is 0.118. The zero-order chi connectivity index (χ0) is 14.4. The fourth-order valence-corrected chi connectivity index (χ4v) is 3.51. The van der Waals surface area contributed by atoms with Gasteiger partial charge in [0.2, 0.25) is 5.91 Å². The largest absolute Gasteiger partial charge is 0.497 e. The van der Waals surface area contributed by atoms with Crippen LogP contribution in [0.4, 0.5) is 5.13 Å². The molecule has 1 saturated carbocycles. The minimum atomic E-state index is 0.118. The van der Waals surface area contributed by atoms with Crippen LogP contribution in [-0.4, -0.2) is 37.1 Å². The third-order valence-corrected chi connectivity index (χ3v) is 5.11. The lowest BCUT2D eigenvalue weighted by molar-refractivity contribution is -0.125. The highest BCUT2D eigenvalue weighted by molar-refractivity contribution is 7.22. The van der Waals surface area contributed by atoms with Crippen molar-refractivity contribution in [3.05, 3.63) is 18.2 Å². The van der Waals surface area contributed by atoms with Gasteiger partial charge in [0.25, 0.3) is 0 Å². The number of anilines is 1. The van der Waals surface area contributed by atoms with Gasteiger partial charge in [-0.25, -0.2) is 4.98 Å². The minimum Gasteiger partial charge on any atom is -0.497 e. The van der Waals surface area contributed by atoms with Crippen molar-refractivity contribution < 1.29 is 9.53 Å². The number of methoxy groups -OCH3 is 1. The molecular weight excluding hydrogens is 286 g/mol. The lowest BCUT2D eigenvalue weighted by atomic mass is 10.0. The number of hydrogen-bond donors (Lipinski definition) is 1. The van der Waals surface area contributed by atoms with Crippen LogP contribution in [0.1, 0.15) is 12.8 Å². The average molecular weight is 303 g/mol. The molecule has 1 saturated heterocycles. The first kappa shape index (κ1) is 12.9. The van der Waals surface area contributed by atoms with E-state index in [4.69, 9.17) is 4.74 Å². The highest BCUT2D eigenvalue weighted by Crippen LogP contribution is 2.34. The fourth-order valence-electron chi connectivity index (χ4n) is 2.50. The van der Waals surface area contributed by atoms with Gasteiger partial charge in [0.15, 0.2) is 5.13 Å². The van der Waals surface area contributed by atoms with E-state index >= 15 is 0 Å². The normalized spacial score (nSPS) is 18.6. The van der Waals surface area contributed by atoms with Crippen molar-refractivity contribution in [1.29, 1.82) is 0 Å². The quantitative estimate of drug-likeness (QED) is 0.939. The van der Waals surface area contributed by atoms with Gasteiger partial charge in [-0.05, 0) is 31.0 Å². The van der Waals surface area contributed by atoms with E-state index in [2.05, 4.69) is 15.2 Å². The number of amides is 1. The highest BCUT2D eigenvalue weighted by Gasteiger charge is 2.36. The Hall–Kier alpha value is -1.82. The Morgan fingerprint density at radius 1 is 1.43 bits per heavy atom. The number of aromatic nitrogens is 1. The Labute approximate surface area is 126 Å². The van der Waals surface area contributed by atoms with Gasteiger partial charge in [-0.15, -0.1) is 0 Å². The van der Waals surface area contributed by atoms with Crippen LogP contribution in [0.15, 0.2) is 18.2 Å².